The molecule has 86 valence electrons. The van der Waals surface area contributed by atoms with Crippen molar-refractivity contribution >= 4 is 0 Å². The van der Waals surface area contributed by atoms with E-state index in [1.807, 2.05) is 14.0 Å². The lowest BCUT2D eigenvalue weighted by Gasteiger charge is -2.20. The highest BCUT2D eigenvalue weighted by molar-refractivity contribution is 5.02. The SMILES string of the molecule is CNC(C)(C#N)CCCOCCC1CC1. The molecule has 0 aliphatic heterocycles. The first kappa shape index (κ1) is 12.5. The zero-order valence-electron chi connectivity index (χ0n) is 9.88. The van der Waals surface area contributed by atoms with E-state index in [9.17, 15) is 0 Å². The van der Waals surface area contributed by atoms with E-state index in [0.29, 0.717) is 0 Å². The van der Waals surface area contributed by atoms with E-state index >= 15 is 0 Å². The second-order valence-corrected chi connectivity index (χ2v) is 4.64. The summed E-state index contributed by atoms with van der Waals surface area (Å²) in [6.07, 6.45) is 5.83. The van der Waals surface area contributed by atoms with E-state index < -0.39 is 0 Å². The van der Waals surface area contributed by atoms with Crippen molar-refractivity contribution in [3.05, 3.63) is 0 Å². The molecule has 0 heterocycles. The van der Waals surface area contributed by atoms with Gasteiger partial charge in [0.15, 0.2) is 0 Å². The average Bonchev–Trinajstić information content (AvgIpc) is 3.06. The minimum atomic E-state index is -0.389. The molecule has 0 spiro atoms. The van der Waals surface area contributed by atoms with Crippen LogP contribution in [0.15, 0.2) is 0 Å². The lowest BCUT2D eigenvalue weighted by Crippen LogP contribution is -2.38. The van der Waals surface area contributed by atoms with Crippen molar-refractivity contribution < 1.29 is 4.74 Å². The van der Waals surface area contributed by atoms with E-state index in [1.165, 1.54) is 19.3 Å². The minimum Gasteiger partial charge on any atom is -0.381 e. The zero-order chi connectivity index (χ0) is 11.1. The van der Waals surface area contributed by atoms with Crippen molar-refractivity contribution in [3.63, 3.8) is 0 Å². The van der Waals surface area contributed by atoms with Gasteiger partial charge in [0.2, 0.25) is 0 Å². The highest BCUT2D eigenvalue weighted by Gasteiger charge is 2.21. The van der Waals surface area contributed by atoms with Crippen LogP contribution in [-0.2, 0) is 4.74 Å². The van der Waals surface area contributed by atoms with Gasteiger partial charge in [0.1, 0.15) is 5.54 Å². The van der Waals surface area contributed by atoms with Gasteiger partial charge >= 0.3 is 0 Å². The van der Waals surface area contributed by atoms with Crippen molar-refractivity contribution in [2.75, 3.05) is 20.3 Å². The van der Waals surface area contributed by atoms with Gasteiger partial charge < -0.3 is 10.1 Å². The molecule has 1 rings (SSSR count). The highest BCUT2D eigenvalue weighted by Crippen LogP contribution is 2.32. The van der Waals surface area contributed by atoms with Crippen molar-refractivity contribution in [2.24, 2.45) is 5.92 Å². The second-order valence-electron chi connectivity index (χ2n) is 4.64. The van der Waals surface area contributed by atoms with Crippen molar-refractivity contribution in [3.8, 4) is 6.07 Å². The number of hydrogen-bond donors (Lipinski definition) is 1. The Morgan fingerprint density at radius 3 is 2.73 bits per heavy atom. The Morgan fingerprint density at radius 1 is 1.47 bits per heavy atom. The van der Waals surface area contributed by atoms with Gasteiger partial charge in [-0.1, -0.05) is 12.8 Å². The number of nitriles is 1. The summed E-state index contributed by atoms with van der Waals surface area (Å²) in [5.74, 6) is 0.951. The molecule has 1 atom stereocenters. The molecule has 1 aliphatic rings. The summed E-state index contributed by atoms with van der Waals surface area (Å²) in [7, 11) is 1.83. The number of nitrogens with one attached hydrogen (secondary N) is 1. The van der Waals surface area contributed by atoms with Crippen LogP contribution >= 0.6 is 0 Å². The van der Waals surface area contributed by atoms with Crippen LogP contribution in [0.25, 0.3) is 0 Å². The first-order chi connectivity index (χ1) is 7.20. The molecule has 1 unspecified atom stereocenters. The Morgan fingerprint density at radius 2 is 2.20 bits per heavy atom. The fourth-order valence-electron chi connectivity index (χ4n) is 1.52. The summed E-state index contributed by atoms with van der Waals surface area (Å²) < 4.78 is 5.53. The molecule has 0 radical (unpaired) electrons. The van der Waals surface area contributed by atoms with E-state index in [4.69, 9.17) is 10.00 Å². The number of ether oxygens (including phenoxy) is 1. The van der Waals surface area contributed by atoms with Gasteiger partial charge in [0, 0.05) is 13.2 Å². The van der Waals surface area contributed by atoms with Gasteiger partial charge in [-0.25, -0.2) is 0 Å². The van der Waals surface area contributed by atoms with Crippen LogP contribution in [0, 0.1) is 17.2 Å². The minimum absolute atomic E-state index is 0.389. The van der Waals surface area contributed by atoms with Gasteiger partial charge in [-0.2, -0.15) is 5.26 Å². The Hall–Kier alpha value is -0.590. The maximum atomic E-state index is 8.92. The van der Waals surface area contributed by atoms with E-state index in [2.05, 4.69) is 11.4 Å². The topological polar surface area (TPSA) is 45.0 Å². The summed E-state index contributed by atoms with van der Waals surface area (Å²) >= 11 is 0. The van der Waals surface area contributed by atoms with Crippen LogP contribution in [0.3, 0.4) is 0 Å². The molecule has 0 amide bonds. The predicted molar refractivity (Wildman–Crippen MR) is 60.5 cm³/mol. The predicted octanol–water partition coefficient (Wildman–Crippen LogP) is 2.08. The van der Waals surface area contributed by atoms with Gasteiger partial charge in [-0.15, -0.1) is 0 Å². The maximum Gasteiger partial charge on any atom is 0.103 e. The fourth-order valence-corrected chi connectivity index (χ4v) is 1.52. The summed E-state index contributed by atoms with van der Waals surface area (Å²) in [6.45, 7) is 3.61. The van der Waals surface area contributed by atoms with E-state index in [-0.39, 0.29) is 5.54 Å². The van der Waals surface area contributed by atoms with Crippen LogP contribution in [0.1, 0.15) is 39.0 Å². The number of nitrogens with zero attached hydrogens (tertiary/aromatic N) is 1. The molecule has 1 N–H and O–H groups in total. The van der Waals surface area contributed by atoms with Crippen LogP contribution in [0.5, 0.6) is 0 Å². The lowest BCUT2D eigenvalue weighted by molar-refractivity contribution is 0.121. The lowest BCUT2D eigenvalue weighted by atomic mass is 9.98. The molecule has 0 aromatic carbocycles. The average molecular weight is 210 g/mol. The number of hydrogen-bond acceptors (Lipinski definition) is 3. The molecule has 0 bridgehead atoms. The monoisotopic (exact) mass is 210 g/mol. The normalized spacial score (nSPS) is 19.5. The molecule has 1 fully saturated rings. The van der Waals surface area contributed by atoms with Crippen molar-refractivity contribution in [2.45, 2.75) is 44.6 Å². The molecular formula is C12H22N2O. The Balaban J connectivity index is 1.93. The van der Waals surface area contributed by atoms with Crippen LogP contribution in [-0.4, -0.2) is 25.8 Å². The zero-order valence-corrected chi connectivity index (χ0v) is 9.88. The Bertz CT molecular complexity index is 220. The van der Waals surface area contributed by atoms with E-state index in [1.54, 1.807) is 0 Å². The van der Waals surface area contributed by atoms with Crippen molar-refractivity contribution in [1.29, 1.82) is 5.26 Å². The van der Waals surface area contributed by atoms with Gasteiger partial charge in [-0.05, 0) is 39.2 Å². The molecule has 3 heteroatoms. The summed E-state index contributed by atoms with van der Waals surface area (Å²) in [4.78, 5) is 0. The second kappa shape index (κ2) is 6.09. The van der Waals surface area contributed by atoms with Crippen molar-refractivity contribution in [1.82, 2.24) is 5.32 Å². The quantitative estimate of drug-likeness (QED) is 0.624. The fraction of sp³-hybridized carbons (Fsp3) is 0.917. The molecule has 0 saturated heterocycles. The third-order valence-electron chi connectivity index (χ3n) is 3.13. The molecule has 1 saturated carbocycles. The summed E-state index contributed by atoms with van der Waals surface area (Å²) in [5.41, 5.74) is -0.389. The van der Waals surface area contributed by atoms with Crippen LogP contribution < -0.4 is 5.32 Å². The van der Waals surface area contributed by atoms with Gasteiger partial charge in [0.25, 0.3) is 0 Å². The third kappa shape index (κ3) is 5.15. The Labute approximate surface area is 92.8 Å². The molecule has 0 aromatic rings. The van der Waals surface area contributed by atoms with Crippen LogP contribution in [0.4, 0.5) is 0 Å². The first-order valence-corrected chi connectivity index (χ1v) is 5.88. The number of rotatable bonds is 8. The summed E-state index contributed by atoms with van der Waals surface area (Å²) in [5, 5.41) is 11.9. The van der Waals surface area contributed by atoms with Gasteiger partial charge in [-0.3, -0.25) is 0 Å². The molecule has 0 aromatic heterocycles. The molecular weight excluding hydrogens is 188 g/mol. The molecule has 3 nitrogen and oxygen atoms in total. The van der Waals surface area contributed by atoms with Crippen LogP contribution in [0.2, 0.25) is 0 Å². The summed E-state index contributed by atoms with van der Waals surface area (Å²) in [6, 6.07) is 2.28. The molecule has 1 aliphatic carbocycles. The Kier molecular flexibility index (Phi) is 5.07. The first-order valence-electron chi connectivity index (χ1n) is 5.88. The van der Waals surface area contributed by atoms with Gasteiger partial charge in [0.05, 0.1) is 6.07 Å². The highest BCUT2D eigenvalue weighted by atomic mass is 16.5. The third-order valence-corrected chi connectivity index (χ3v) is 3.13. The smallest absolute Gasteiger partial charge is 0.103 e. The standard InChI is InChI=1S/C12H22N2O/c1-12(10-13,14-2)7-3-8-15-9-6-11-4-5-11/h11,14H,3-9H2,1-2H3. The molecule has 15 heavy (non-hydrogen) atoms. The van der Waals surface area contributed by atoms with E-state index in [0.717, 1.165) is 32.0 Å². The maximum absolute atomic E-state index is 8.92. The largest absolute Gasteiger partial charge is 0.381 e.